The molecule has 0 bridgehead atoms. The van der Waals surface area contributed by atoms with Crippen LogP contribution in [0.15, 0.2) is 62.3 Å². The zero-order valence-corrected chi connectivity index (χ0v) is 18.0. The number of nitrogens with zero attached hydrogens (tertiary/aromatic N) is 2. The molecule has 0 saturated carbocycles. The number of benzene rings is 2. The number of allylic oxidation sites excluding steroid dienone is 2. The number of aromatic nitrogens is 2. The van der Waals surface area contributed by atoms with E-state index in [1.807, 2.05) is 51.2 Å². The van der Waals surface area contributed by atoms with Gasteiger partial charge in [0.15, 0.2) is 6.29 Å². The lowest BCUT2D eigenvalue weighted by Gasteiger charge is -2.10. The summed E-state index contributed by atoms with van der Waals surface area (Å²) in [6, 6.07) is 14.1. The van der Waals surface area contributed by atoms with Gasteiger partial charge in [-0.1, -0.05) is 24.3 Å². The van der Waals surface area contributed by atoms with Crippen LogP contribution in [0.1, 0.15) is 12.5 Å². The highest BCUT2D eigenvalue weighted by Crippen LogP contribution is 2.31. The maximum Gasteiger partial charge on any atom is 0.437 e. The van der Waals surface area contributed by atoms with Crippen molar-refractivity contribution in [3.05, 3.63) is 69.2 Å². The first-order valence-corrected chi connectivity index (χ1v) is 10.0. The minimum absolute atomic E-state index is 0.346. The molecule has 0 amide bonds. The summed E-state index contributed by atoms with van der Waals surface area (Å²) >= 11 is 1.30. The fraction of sp³-hybridized carbons (Fsp3) is 0.190. The van der Waals surface area contributed by atoms with Crippen molar-refractivity contribution in [2.24, 2.45) is 7.05 Å². The highest BCUT2D eigenvalue weighted by molar-refractivity contribution is 8.02. The number of nitrogens with one attached hydrogen (secondary N) is 3. The van der Waals surface area contributed by atoms with Crippen LogP contribution in [0, 0.1) is 6.92 Å². The van der Waals surface area contributed by atoms with Crippen molar-refractivity contribution in [2.75, 3.05) is 12.4 Å². The lowest BCUT2D eigenvalue weighted by molar-refractivity contribution is -0.104. The molecule has 0 atom stereocenters. The Balaban J connectivity index is 0.000000269. The first-order valence-electron chi connectivity index (χ1n) is 9.20. The summed E-state index contributed by atoms with van der Waals surface area (Å²) in [4.78, 5) is 25.0. The van der Waals surface area contributed by atoms with Crippen LogP contribution >= 0.6 is 11.9 Å². The van der Waals surface area contributed by atoms with Gasteiger partial charge in [-0.25, -0.2) is 4.79 Å². The predicted molar refractivity (Wildman–Crippen MR) is 120 cm³/mol. The largest absolute Gasteiger partial charge is 0.437 e. The Kier molecular flexibility index (Phi) is 6.76. The molecule has 0 fully saturated rings. The molecule has 9 heteroatoms. The first-order chi connectivity index (χ1) is 14.4. The number of carbonyl (C=O) groups excluding carboxylic acids is 1. The van der Waals surface area contributed by atoms with Gasteiger partial charge >= 0.3 is 5.76 Å². The van der Waals surface area contributed by atoms with E-state index in [1.165, 1.54) is 16.6 Å². The van der Waals surface area contributed by atoms with Crippen molar-refractivity contribution < 1.29 is 9.21 Å². The minimum atomic E-state index is -0.460. The smallest absolute Gasteiger partial charge is 0.388 e. The number of carbonyl (C=O) groups is 1. The number of hydrazine groups is 1. The third kappa shape index (κ3) is 4.64. The van der Waals surface area contributed by atoms with Gasteiger partial charge in [-0.05, 0) is 60.7 Å². The van der Waals surface area contributed by atoms with E-state index < -0.39 is 5.76 Å². The summed E-state index contributed by atoms with van der Waals surface area (Å²) in [6.07, 6.45) is 0.826. The average Bonchev–Trinajstić information content (AvgIpc) is 3.33. The van der Waals surface area contributed by atoms with Gasteiger partial charge in [-0.2, -0.15) is 9.51 Å². The third-order valence-corrected chi connectivity index (χ3v) is 5.44. The molecule has 156 valence electrons. The Labute approximate surface area is 178 Å². The molecule has 3 N–H and O–H groups in total. The van der Waals surface area contributed by atoms with Crippen molar-refractivity contribution >= 4 is 23.9 Å². The van der Waals surface area contributed by atoms with E-state index in [-0.39, 0.29) is 0 Å². The van der Waals surface area contributed by atoms with Crippen molar-refractivity contribution in [1.29, 1.82) is 0 Å². The Bertz CT molecular complexity index is 1130. The zero-order chi connectivity index (χ0) is 21.7. The molecular formula is C21H23N5O3S. The number of aryl methyl sites for hydroxylation is 1. The molecule has 30 heavy (non-hydrogen) atoms. The summed E-state index contributed by atoms with van der Waals surface area (Å²) in [5.74, 6) is -0.114. The standard InChI is InChI=1S/C17H17N3O2.C4H6N2OS/c1-11-14(12-7-9-13(18-2)10-8-12)5-4-6-15(11)16-19-20(3)17(21)22-16;1-3-4(2-7)8-6-5-3/h4-10,18H,1-3H3;2,5-6H,1H3. The molecule has 2 aromatic carbocycles. The number of aldehydes is 1. The van der Waals surface area contributed by atoms with Crippen LogP contribution in [0.5, 0.6) is 0 Å². The Hall–Kier alpha value is -3.30. The van der Waals surface area contributed by atoms with Crippen molar-refractivity contribution in [1.82, 2.24) is 20.0 Å². The van der Waals surface area contributed by atoms with Gasteiger partial charge in [0.1, 0.15) is 0 Å². The van der Waals surface area contributed by atoms with Crippen LogP contribution in [0.2, 0.25) is 0 Å². The quantitative estimate of drug-likeness (QED) is 0.433. The van der Waals surface area contributed by atoms with Crippen molar-refractivity contribution in [3.63, 3.8) is 0 Å². The fourth-order valence-electron chi connectivity index (χ4n) is 2.86. The van der Waals surface area contributed by atoms with E-state index in [0.717, 1.165) is 44.8 Å². The zero-order valence-electron chi connectivity index (χ0n) is 17.1. The van der Waals surface area contributed by atoms with Crippen LogP contribution < -0.4 is 21.3 Å². The highest BCUT2D eigenvalue weighted by atomic mass is 32.2. The van der Waals surface area contributed by atoms with Crippen LogP contribution in [0.4, 0.5) is 5.69 Å². The normalized spacial score (nSPS) is 12.8. The molecule has 0 radical (unpaired) electrons. The van der Waals surface area contributed by atoms with Crippen LogP contribution in [0.3, 0.4) is 0 Å². The van der Waals surface area contributed by atoms with Crippen LogP contribution in [-0.2, 0) is 11.8 Å². The van der Waals surface area contributed by atoms with Crippen molar-refractivity contribution in [3.8, 4) is 22.6 Å². The maximum atomic E-state index is 11.5. The van der Waals surface area contributed by atoms with Crippen molar-refractivity contribution in [2.45, 2.75) is 13.8 Å². The van der Waals surface area contributed by atoms with Gasteiger partial charge in [0.05, 0.1) is 4.91 Å². The first kappa shape index (κ1) is 21.4. The molecule has 0 spiro atoms. The molecule has 1 aliphatic heterocycles. The van der Waals surface area contributed by atoms with Crippen LogP contribution in [0.25, 0.3) is 22.6 Å². The summed E-state index contributed by atoms with van der Waals surface area (Å²) in [5.41, 5.74) is 8.79. The second kappa shape index (κ2) is 9.47. The van der Waals surface area contributed by atoms with Gasteiger partial charge in [0.25, 0.3) is 0 Å². The molecule has 2 heterocycles. The molecule has 0 aliphatic carbocycles. The number of anilines is 1. The van der Waals surface area contributed by atoms with Gasteiger partial charge in [-0.15, -0.1) is 5.10 Å². The van der Waals surface area contributed by atoms with E-state index in [2.05, 4.69) is 32.8 Å². The number of rotatable bonds is 4. The fourth-order valence-corrected chi connectivity index (χ4v) is 3.43. The molecule has 0 saturated heterocycles. The Morgan fingerprint density at radius 1 is 1.13 bits per heavy atom. The van der Waals surface area contributed by atoms with Gasteiger partial charge < -0.3 is 15.2 Å². The summed E-state index contributed by atoms with van der Waals surface area (Å²) in [6.45, 7) is 3.85. The SMILES string of the molecule is CC1=C(C=O)SNN1.CNc1ccc(-c2cccc(-c3nn(C)c(=O)o3)c2C)cc1. The molecule has 3 aromatic rings. The predicted octanol–water partition coefficient (Wildman–Crippen LogP) is 3.23. The topological polar surface area (TPSA) is 101 Å². The molecule has 1 aromatic heterocycles. The highest BCUT2D eigenvalue weighted by Gasteiger charge is 2.13. The minimum Gasteiger partial charge on any atom is -0.388 e. The lowest BCUT2D eigenvalue weighted by atomic mass is 9.96. The number of hydrogen-bond acceptors (Lipinski definition) is 8. The van der Waals surface area contributed by atoms with Crippen LogP contribution in [-0.4, -0.2) is 23.1 Å². The van der Waals surface area contributed by atoms with E-state index in [0.29, 0.717) is 5.89 Å². The van der Waals surface area contributed by atoms with Gasteiger partial charge in [0.2, 0.25) is 5.89 Å². The third-order valence-electron chi connectivity index (χ3n) is 4.61. The van der Waals surface area contributed by atoms with Gasteiger partial charge in [-0.3, -0.25) is 4.79 Å². The molecule has 0 unspecified atom stereocenters. The molecular weight excluding hydrogens is 402 g/mol. The maximum absolute atomic E-state index is 11.5. The molecule has 4 rings (SSSR count). The average molecular weight is 426 g/mol. The van der Waals surface area contributed by atoms with E-state index in [9.17, 15) is 9.59 Å². The van der Waals surface area contributed by atoms with E-state index in [4.69, 9.17) is 4.42 Å². The summed E-state index contributed by atoms with van der Waals surface area (Å²) < 4.78 is 6.39. The molecule has 1 aliphatic rings. The number of hydrogen-bond donors (Lipinski definition) is 3. The Morgan fingerprint density at radius 2 is 1.83 bits per heavy atom. The lowest BCUT2D eigenvalue weighted by Crippen LogP contribution is -2.16. The van der Waals surface area contributed by atoms with E-state index >= 15 is 0 Å². The Morgan fingerprint density at radius 3 is 2.33 bits per heavy atom. The van der Waals surface area contributed by atoms with Gasteiger partial charge in [0, 0.05) is 31.0 Å². The summed E-state index contributed by atoms with van der Waals surface area (Å²) in [7, 11) is 3.47. The second-order valence-electron chi connectivity index (χ2n) is 6.54. The molecule has 8 nitrogen and oxygen atoms in total. The summed E-state index contributed by atoms with van der Waals surface area (Å²) in [5, 5.41) is 7.23. The van der Waals surface area contributed by atoms with E-state index in [1.54, 1.807) is 7.05 Å². The second-order valence-corrected chi connectivity index (χ2v) is 7.39. The monoisotopic (exact) mass is 425 g/mol.